The molecule has 0 aromatic carbocycles. The molecule has 1 aliphatic heterocycles. The number of carboxylic acids is 1. The third-order valence-electron chi connectivity index (χ3n) is 3.87. The first-order valence-electron chi connectivity index (χ1n) is 7.32. The number of anilines is 1. The Morgan fingerprint density at radius 1 is 1.43 bits per heavy atom. The second kappa shape index (κ2) is 5.96. The topological polar surface area (TPSA) is 84.7 Å². The Balaban J connectivity index is 2.24. The molecular formula is C15H16FN3O4. The van der Waals surface area contributed by atoms with E-state index in [0.717, 1.165) is 6.07 Å². The van der Waals surface area contributed by atoms with Gasteiger partial charge in [0.1, 0.15) is 11.2 Å². The lowest BCUT2D eigenvalue weighted by Gasteiger charge is -2.28. The standard InChI is InChI=1S/C15H16FN3O4/c1-2-18-8-10(15(21)22)12(20)9-7-11(16)14(17-13(9)18)19-3-5-23-6-4-19/h7-8H,2-6H2,1H3,(H,21,22). The molecule has 0 atom stereocenters. The van der Waals surface area contributed by atoms with Crippen molar-refractivity contribution in [2.75, 3.05) is 31.2 Å². The molecule has 1 N–H and O–H groups in total. The largest absolute Gasteiger partial charge is 0.477 e. The van der Waals surface area contributed by atoms with E-state index in [1.54, 1.807) is 16.4 Å². The van der Waals surface area contributed by atoms with Crippen LogP contribution in [0.2, 0.25) is 0 Å². The Hall–Kier alpha value is -2.48. The number of ether oxygens (including phenoxy) is 1. The molecule has 23 heavy (non-hydrogen) atoms. The molecule has 3 rings (SSSR count). The number of nitrogens with zero attached hydrogens (tertiary/aromatic N) is 3. The number of aromatic nitrogens is 2. The quantitative estimate of drug-likeness (QED) is 0.911. The Labute approximate surface area is 130 Å². The summed E-state index contributed by atoms with van der Waals surface area (Å²) in [5.41, 5.74) is -0.831. The fourth-order valence-corrected chi connectivity index (χ4v) is 2.67. The van der Waals surface area contributed by atoms with Crippen LogP contribution in [-0.2, 0) is 11.3 Å². The molecule has 2 aromatic heterocycles. The van der Waals surface area contributed by atoms with Gasteiger partial charge in [0.05, 0.1) is 18.6 Å². The maximum atomic E-state index is 14.4. The number of hydrogen-bond acceptors (Lipinski definition) is 5. The second-order valence-corrected chi connectivity index (χ2v) is 5.23. The first-order chi connectivity index (χ1) is 11.0. The van der Waals surface area contributed by atoms with Crippen molar-refractivity contribution >= 4 is 22.8 Å². The molecule has 122 valence electrons. The minimum absolute atomic E-state index is 0.0266. The Bertz CT molecular complexity index is 828. The summed E-state index contributed by atoms with van der Waals surface area (Å²) in [7, 11) is 0. The van der Waals surface area contributed by atoms with E-state index in [-0.39, 0.29) is 22.4 Å². The van der Waals surface area contributed by atoms with Crippen LogP contribution in [0.4, 0.5) is 10.2 Å². The lowest BCUT2D eigenvalue weighted by atomic mass is 10.2. The number of morpholine rings is 1. The normalized spacial score (nSPS) is 15.1. The van der Waals surface area contributed by atoms with Crippen molar-refractivity contribution in [1.82, 2.24) is 9.55 Å². The number of hydrogen-bond donors (Lipinski definition) is 1. The van der Waals surface area contributed by atoms with E-state index in [1.807, 2.05) is 0 Å². The summed E-state index contributed by atoms with van der Waals surface area (Å²) in [6, 6.07) is 1.08. The van der Waals surface area contributed by atoms with Gasteiger partial charge in [0.15, 0.2) is 11.6 Å². The highest BCUT2D eigenvalue weighted by Crippen LogP contribution is 2.22. The van der Waals surface area contributed by atoms with E-state index >= 15 is 0 Å². The summed E-state index contributed by atoms with van der Waals surface area (Å²) in [6.45, 7) is 4.21. The summed E-state index contributed by atoms with van der Waals surface area (Å²) in [5, 5.41) is 9.10. The van der Waals surface area contributed by atoms with Crippen LogP contribution in [0.5, 0.6) is 0 Å². The zero-order chi connectivity index (χ0) is 16.6. The van der Waals surface area contributed by atoms with Gasteiger partial charge in [0, 0.05) is 25.8 Å². The van der Waals surface area contributed by atoms with Crippen LogP contribution in [0.15, 0.2) is 17.1 Å². The molecule has 2 aromatic rings. The van der Waals surface area contributed by atoms with Crippen molar-refractivity contribution in [3.8, 4) is 0 Å². The van der Waals surface area contributed by atoms with Gasteiger partial charge in [-0.15, -0.1) is 0 Å². The van der Waals surface area contributed by atoms with Gasteiger partial charge in [0.2, 0.25) is 5.43 Å². The predicted molar refractivity (Wildman–Crippen MR) is 81.6 cm³/mol. The molecule has 7 nitrogen and oxygen atoms in total. The number of pyridine rings is 2. The molecule has 1 aliphatic rings. The lowest BCUT2D eigenvalue weighted by Crippen LogP contribution is -2.37. The van der Waals surface area contributed by atoms with Crippen LogP contribution < -0.4 is 10.3 Å². The molecule has 0 radical (unpaired) electrons. The van der Waals surface area contributed by atoms with E-state index in [2.05, 4.69) is 4.98 Å². The van der Waals surface area contributed by atoms with E-state index < -0.39 is 17.2 Å². The summed E-state index contributed by atoms with van der Waals surface area (Å²) < 4.78 is 21.2. The summed E-state index contributed by atoms with van der Waals surface area (Å²) in [5.74, 6) is -1.82. The van der Waals surface area contributed by atoms with Gasteiger partial charge >= 0.3 is 5.97 Å². The van der Waals surface area contributed by atoms with Crippen molar-refractivity contribution in [1.29, 1.82) is 0 Å². The third kappa shape index (κ3) is 2.65. The molecule has 3 heterocycles. The highest BCUT2D eigenvalue weighted by Gasteiger charge is 2.21. The number of carbonyl (C=O) groups is 1. The van der Waals surface area contributed by atoms with Gasteiger partial charge in [-0.2, -0.15) is 0 Å². The molecule has 0 saturated carbocycles. The van der Waals surface area contributed by atoms with Crippen molar-refractivity contribution in [2.24, 2.45) is 0 Å². The van der Waals surface area contributed by atoms with Gasteiger partial charge in [0.25, 0.3) is 0 Å². The van der Waals surface area contributed by atoms with Gasteiger partial charge in [-0.1, -0.05) is 0 Å². The average molecular weight is 321 g/mol. The SMILES string of the molecule is CCn1cc(C(=O)O)c(=O)c2cc(F)c(N3CCOCC3)nc21. The number of aryl methyl sites for hydroxylation is 1. The fourth-order valence-electron chi connectivity index (χ4n) is 2.67. The van der Waals surface area contributed by atoms with Crippen molar-refractivity contribution in [3.63, 3.8) is 0 Å². The third-order valence-corrected chi connectivity index (χ3v) is 3.87. The molecular weight excluding hydrogens is 305 g/mol. The summed E-state index contributed by atoms with van der Waals surface area (Å²) >= 11 is 0. The Morgan fingerprint density at radius 3 is 2.74 bits per heavy atom. The predicted octanol–water partition coefficient (Wildman–Crippen LogP) is 1.09. The van der Waals surface area contributed by atoms with Crippen molar-refractivity contribution < 1.29 is 19.0 Å². The first kappa shape index (κ1) is 15.4. The summed E-state index contributed by atoms with van der Waals surface area (Å²) in [6.07, 6.45) is 1.25. The lowest BCUT2D eigenvalue weighted by molar-refractivity contribution is 0.0695. The van der Waals surface area contributed by atoms with Crippen LogP contribution in [0.1, 0.15) is 17.3 Å². The Morgan fingerprint density at radius 2 is 2.13 bits per heavy atom. The van der Waals surface area contributed by atoms with Crippen LogP contribution in [0.3, 0.4) is 0 Å². The fraction of sp³-hybridized carbons (Fsp3) is 0.400. The Kier molecular flexibility index (Phi) is 3.99. The minimum atomic E-state index is -1.34. The van der Waals surface area contributed by atoms with Crippen LogP contribution in [-0.4, -0.2) is 46.9 Å². The van der Waals surface area contributed by atoms with Gasteiger partial charge in [-0.25, -0.2) is 14.2 Å². The molecule has 0 spiro atoms. The van der Waals surface area contributed by atoms with Crippen molar-refractivity contribution in [2.45, 2.75) is 13.5 Å². The zero-order valence-electron chi connectivity index (χ0n) is 12.6. The smallest absolute Gasteiger partial charge is 0.341 e. The number of rotatable bonds is 3. The van der Waals surface area contributed by atoms with E-state index in [1.165, 1.54) is 6.20 Å². The van der Waals surface area contributed by atoms with Gasteiger partial charge in [-0.05, 0) is 13.0 Å². The highest BCUT2D eigenvalue weighted by molar-refractivity contribution is 5.92. The average Bonchev–Trinajstić information content (AvgIpc) is 2.55. The molecule has 0 unspecified atom stereocenters. The maximum Gasteiger partial charge on any atom is 0.341 e. The molecule has 0 aliphatic carbocycles. The van der Waals surface area contributed by atoms with E-state index in [0.29, 0.717) is 32.8 Å². The molecule has 8 heteroatoms. The van der Waals surface area contributed by atoms with Gasteiger partial charge in [-0.3, -0.25) is 4.79 Å². The number of fused-ring (bicyclic) bond motifs is 1. The summed E-state index contributed by atoms with van der Waals surface area (Å²) in [4.78, 5) is 29.5. The molecule has 1 saturated heterocycles. The zero-order valence-corrected chi connectivity index (χ0v) is 12.6. The molecule has 0 bridgehead atoms. The van der Waals surface area contributed by atoms with Crippen LogP contribution in [0.25, 0.3) is 11.0 Å². The van der Waals surface area contributed by atoms with E-state index in [9.17, 15) is 14.0 Å². The first-order valence-corrected chi connectivity index (χ1v) is 7.32. The maximum absolute atomic E-state index is 14.4. The molecule has 1 fully saturated rings. The second-order valence-electron chi connectivity index (χ2n) is 5.23. The van der Waals surface area contributed by atoms with Crippen LogP contribution in [0, 0.1) is 5.82 Å². The number of carboxylic acid groups (broad SMARTS) is 1. The number of halogens is 1. The van der Waals surface area contributed by atoms with Crippen molar-refractivity contribution in [3.05, 3.63) is 33.9 Å². The van der Waals surface area contributed by atoms with Crippen LogP contribution >= 0.6 is 0 Å². The number of aromatic carboxylic acids is 1. The van der Waals surface area contributed by atoms with Gasteiger partial charge < -0.3 is 19.3 Å². The highest BCUT2D eigenvalue weighted by atomic mass is 19.1. The minimum Gasteiger partial charge on any atom is -0.477 e. The molecule has 0 amide bonds. The monoisotopic (exact) mass is 321 g/mol. The van der Waals surface area contributed by atoms with E-state index in [4.69, 9.17) is 9.84 Å².